The predicted molar refractivity (Wildman–Crippen MR) is 166 cm³/mol. The van der Waals surface area contributed by atoms with Crippen LogP contribution in [0.25, 0.3) is 0 Å². The number of benzene rings is 4. The summed E-state index contributed by atoms with van der Waals surface area (Å²) < 4.78 is 57.6. The van der Waals surface area contributed by atoms with E-state index in [4.69, 9.17) is 0 Å². The van der Waals surface area contributed by atoms with Crippen molar-refractivity contribution in [3.63, 3.8) is 0 Å². The summed E-state index contributed by atoms with van der Waals surface area (Å²) in [6.45, 7) is 4.46. The Balaban J connectivity index is 1.81. The number of anilines is 1. The minimum absolute atomic E-state index is 0.122. The Morgan fingerprint density at radius 3 is 2.02 bits per heavy atom. The van der Waals surface area contributed by atoms with Gasteiger partial charge in [0.2, 0.25) is 11.8 Å². The van der Waals surface area contributed by atoms with Gasteiger partial charge in [-0.25, -0.2) is 17.2 Å². The summed E-state index contributed by atoms with van der Waals surface area (Å²) in [5.74, 6) is -2.49. The number of carbonyl (C=O) groups excluding carboxylic acids is 2. The zero-order valence-corrected chi connectivity index (χ0v) is 25.6. The topological polar surface area (TPSA) is 86.8 Å². The third-order valence-electron chi connectivity index (χ3n) is 6.98. The quantitative estimate of drug-likeness (QED) is 0.223. The molecule has 1 N–H and O–H groups in total. The van der Waals surface area contributed by atoms with Gasteiger partial charge >= 0.3 is 0 Å². The van der Waals surface area contributed by atoms with Crippen molar-refractivity contribution < 1.29 is 26.8 Å². The molecular formula is C34H35F2N3O4S. The van der Waals surface area contributed by atoms with E-state index in [1.54, 1.807) is 32.9 Å². The Hall–Kier alpha value is -4.57. The lowest BCUT2D eigenvalue weighted by molar-refractivity contribution is -0.140. The van der Waals surface area contributed by atoms with Crippen LogP contribution < -0.4 is 9.62 Å². The van der Waals surface area contributed by atoms with Crippen LogP contribution in [0.1, 0.15) is 30.5 Å². The van der Waals surface area contributed by atoms with Crippen molar-refractivity contribution in [1.82, 2.24) is 10.2 Å². The van der Waals surface area contributed by atoms with Gasteiger partial charge in [0.15, 0.2) is 0 Å². The van der Waals surface area contributed by atoms with Gasteiger partial charge < -0.3 is 10.2 Å². The van der Waals surface area contributed by atoms with Gasteiger partial charge in [0.1, 0.15) is 24.2 Å². The zero-order chi connectivity index (χ0) is 31.9. The summed E-state index contributed by atoms with van der Waals surface area (Å²) in [6.07, 6.45) is 0.122. The van der Waals surface area contributed by atoms with Gasteiger partial charge in [-0.05, 0) is 68.3 Å². The van der Waals surface area contributed by atoms with E-state index < -0.39 is 46.1 Å². The lowest BCUT2D eigenvalue weighted by Crippen LogP contribution is -2.54. The number of amides is 2. The van der Waals surface area contributed by atoms with Crippen LogP contribution in [-0.4, -0.2) is 43.8 Å². The fourth-order valence-electron chi connectivity index (χ4n) is 4.73. The number of hydrogen-bond donors (Lipinski definition) is 1. The third kappa shape index (κ3) is 8.08. The van der Waals surface area contributed by atoms with Crippen molar-refractivity contribution in [2.24, 2.45) is 0 Å². The summed E-state index contributed by atoms with van der Waals surface area (Å²) in [5.41, 5.74) is 1.80. The number of nitrogens with one attached hydrogen (secondary N) is 1. The highest BCUT2D eigenvalue weighted by Gasteiger charge is 2.35. The second-order valence-electron chi connectivity index (χ2n) is 10.8. The van der Waals surface area contributed by atoms with E-state index in [-0.39, 0.29) is 29.6 Å². The van der Waals surface area contributed by atoms with Crippen LogP contribution in [0.3, 0.4) is 0 Å². The number of nitrogens with zero attached hydrogens (tertiary/aromatic N) is 2. The summed E-state index contributed by atoms with van der Waals surface area (Å²) in [4.78, 5) is 29.1. The number of para-hydroxylation sites is 1. The summed E-state index contributed by atoms with van der Waals surface area (Å²) >= 11 is 0. The molecule has 0 fully saturated rings. The maximum atomic E-state index is 15.2. The zero-order valence-electron chi connectivity index (χ0n) is 24.8. The molecule has 10 heteroatoms. The van der Waals surface area contributed by atoms with Gasteiger partial charge in [-0.15, -0.1) is 0 Å². The van der Waals surface area contributed by atoms with Crippen LogP contribution in [0.15, 0.2) is 108 Å². The first-order chi connectivity index (χ1) is 21.0. The van der Waals surface area contributed by atoms with E-state index in [9.17, 15) is 22.4 Å². The lowest BCUT2D eigenvalue weighted by atomic mass is 10.0. The summed E-state index contributed by atoms with van der Waals surface area (Å²) in [7, 11) is -4.43. The van der Waals surface area contributed by atoms with Crippen LogP contribution in [0.4, 0.5) is 14.5 Å². The Bertz CT molecular complexity index is 1680. The molecule has 230 valence electrons. The molecule has 0 saturated heterocycles. The van der Waals surface area contributed by atoms with Crippen LogP contribution in [-0.2, 0) is 32.6 Å². The molecule has 0 bridgehead atoms. The smallest absolute Gasteiger partial charge is 0.264 e. The highest BCUT2D eigenvalue weighted by molar-refractivity contribution is 7.92. The van der Waals surface area contributed by atoms with Gasteiger partial charge in [0, 0.05) is 19.0 Å². The van der Waals surface area contributed by atoms with Gasteiger partial charge in [-0.3, -0.25) is 13.9 Å². The number of sulfonamides is 1. The molecule has 44 heavy (non-hydrogen) atoms. The Labute approximate surface area is 257 Å². The molecule has 0 unspecified atom stereocenters. The average molecular weight is 620 g/mol. The second-order valence-corrected chi connectivity index (χ2v) is 12.7. The summed E-state index contributed by atoms with van der Waals surface area (Å²) in [5, 5.41) is 2.86. The third-order valence-corrected chi connectivity index (χ3v) is 8.75. The number of hydrogen-bond acceptors (Lipinski definition) is 4. The van der Waals surface area contributed by atoms with E-state index in [1.807, 2.05) is 30.3 Å². The van der Waals surface area contributed by atoms with E-state index in [1.165, 1.54) is 59.5 Å². The second kappa shape index (κ2) is 14.3. The average Bonchev–Trinajstić information content (AvgIpc) is 2.99. The van der Waals surface area contributed by atoms with Gasteiger partial charge in [-0.1, -0.05) is 72.3 Å². The van der Waals surface area contributed by atoms with Crippen LogP contribution in [0.5, 0.6) is 0 Å². The fraction of sp³-hybridized carbons (Fsp3) is 0.235. The number of aryl methyl sites for hydroxylation is 1. The molecule has 0 heterocycles. The molecule has 0 aliphatic carbocycles. The number of carbonyl (C=O) groups is 2. The Kier molecular flexibility index (Phi) is 10.5. The molecule has 4 aromatic rings. The number of halogens is 2. The molecule has 0 aromatic heterocycles. The SMILES string of the molecule is Cc1ccc(S(=O)(=O)N(CC(=O)N(Cc2ccc(F)cc2)[C@@H](Cc2ccccc2)C(=O)NC(C)C)c2ccccc2F)cc1. The normalized spacial score (nSPS) is 12.0. The molecule has 1 atom stereocenters. The van der Waals surface area contributed by atoms with Crippen molar-refractivity contribution in [2.75, 3.05) is 10.8 Å². The lowest BCUT2D eigenvalue weighted by Gasteiger charge is -2.34. The predicted octanol–water partition coefficient (Wildman–Crippen LogP) is 5.63. The van der Waals surface area contributed by atoms with E-state index in [2.05, 4.69) is 5.32 Å². The van der Waals surface area contributed by atoms with Crippen molar-refractivity contribution in [2.45, 2.75) is 50.7 Å². The molecule has 0 aliphatic rings. The van der Waals surface area contributed by atoms with E-state index in [0.717, 1.165) is 21.5 Å². The molecule has 7 nitrogen and oxygen atoms in total. The molecule has 0 spiro atoms. The maximum absolute atomic E-state index is 15.2. The van der Waals surface area contributed by atoms with Crippen molar-refractivity contribution >= 4 is 27.5 Å². The van der Waals surface area contributed by atoms with Crippen LogP contribution >= 0.6 is 0 Å². The first-order valence-corrected chi connectivity index (χ1v) is 15.6. The van der Waals surface area contributed by atoms with Crippen LogP contribution in [0.2, 0.25) is 0 Å². The molecule has 4 aromatic carbocycles. The maximum Gasteiger partial charge on any atom is 0.264 e. The van der Waals surface area contributed by atoms with E-state index >= 15 is 4.39 Å². The first kappa shape index (κ1) is 32.3. The van der Waals surface area contributed by atoms with Crippen molar-refractivity contribution in [1.29, 1.82) is 0 Å². The van der Waals surface area contributed by atoms with Gasteiger partial charge in [-0.2, -0.15) is 0 Å². The van der Waals surface area contributed by atoms with Gasteiger partial charge in [0.25, 0.3) is 10.0 Å². The van der Waals surface area contributed by atoms with E-state index in [0.29, 0.717) is 5.56 Å². The first-order valence-electron chi connectivity index (χ1n) is 14.2. The largest absolute Gasteiger partial charge is 0.352 e. The van der Waals surface area contributed by atoms with Crippen molar-refractivity contribution in [3.8, 4) is 0 Å². The molecule has 0 saturated carbocycles. The molecule has 0 aliphatic heterocycles. The van der Waals surface area contributed by atoms with Crippen molar-refractivity contribution in [3.05, 3.63) is 131 Å². The Morgan fingerprint density at radius 2 is 1.41 bits per heavy atom. The molecular weight excluding hydrogens is 584 g/mol. The number of rotatable bonds is 12. The molecule has 2 amide bonds. The standard InChI is InChI=1S/C34H35F2N3O4S/c1-24(2)37-34(41)32(21-26-9-5-4-6-10-26)38(22-27-15-17-28(35)18-16-27)33(40)23-39(31-12-8-7-11-30(31)36)44(42,43)29-19-13-25(3)14-20-29/h4-20,24,32H,21-23H2,1-3H3,(H,37,41)/t32-/m0/s1. The minimum atomic E-state index is -4.43. The summed E-state index contributed by atoms with van der Waals surface area (Å²) in [6, 6.07) is 24.6. The van der Waals surface area contributed by atoms with Crippen LogP contribution in [0, 0.1) is 18.6 Å². The molecule has 4 rings (SSSR count). The van der Waals surface area contributed by atoms with Gasteiger partial charge in [0.05, 0.1) is 10.6 Å². The highest BCUT2D eigenvalue weighted by atomic mass is 32.2. The molecule has 0 radical (unpaired) electrons. The minimum Gasteiger partial charge on any atom is -0.352 e. The Morgan fingerprint density at radius 1 is 0.795 bits per heavy atom. The fourth-order valence-corrected chi connectivity index (χ4v) is 6.15. The highest BCUT2D eigenvalue weighted by Crippen LogP contribution is 2.27. The monoisotopic (exact) mass is 619 g/mol.